The number of nitrogens with one attached hydrogen (secondary N) is 1. The van der Waals surface area contributed by atoms with Crippen LogP contribution in [0.5, 0.6) is 11.5 Å². The summed E-state index contributed by atoms with van der Waals surface area (Å²) in [4.78, 5) is 12.4. The number of anilines is 1. The first-order valence-electron chi connectivity index (χ1n) is 9.53. The van der Waals surface area contributed by atoms with E-state index < -0.39 is 15.9 Å². The van der Waals surface area contributed by atoms with Crippen molar-refractivity contribution in [3.8, 4) is 11.5 Å². The van der Waals surface area contributed by atoms with Crippen molar-refractivity contribution in [3.63, 3.8) is 0 Å². The molecule has 31 heavy (non-hydrogen) atoms. The summed E-state index contributed by atoms with van der Waals surface area (Å²) in [5, 5.41) is 3.49. The highest BCUT2D eigenvalue weighted by Gasteiger charge is 2.24. The minimum absolute atomic E-state index is 0.247. The summed E-state index contributed by atoms with van der Waals surface area (Å²) in [6, 6.07) is 12.5. The van der Waals surface area contributed by atoms with E-state index in [1.54, 1.807) is 23.9 Å². The molecule has 2 aromatic rings. The molecule has 0 aliphatic rings. The number of rotatable bonds is 12. The van der Waals surface area contributed by atoms with Crippen LogP contribution >= 0.6 is 23.4 Å². The molecule has 0 saturated heterocycles. The zero-order valence-electron chi connectivity index (χ0n) is 17.8. The Balaban J connectivity index is 1.88. The third-order valence-corrected chi connectivity index (χ3v) is 6.76. The SMILES string of the molecule is COc1ccc(OC)c(N(CC(=O)NCCCSCc2cccc(Cl)c2)S(C)(=O)=O)c1. The molecule has 0 fully saturated rings. The van der Waals surface area contributed by atoms with E-state index in [-0.39, 0.29) is 12.2 Å². The zero-order chi connectivity index (χ0) is 22.9. The number of sulfonamides is 1. The number of nitrogens with zero attached hydrogens (tertiary/aromatic N) is 1. The molecule has 0 bridgehead atoms. The number of carbonyl (C=O) groups is 1. The van der Waals surface area contributed by atoms with Crippen molar-refractivity contribution in [2.24, 2.45) is 0 Å². The molecule has 2 rings (SSSR count). The van der Waals surface area contributed by atoms with Crippen LogP contribution in [0.4, 0.5) is 5.69 Å². The van der Waals surface area contributed by atoms with E-state index >= 15 is 0 Å². The average Bonchev–Trinajstić information content (AvgIpc) is 2.73. The van der Waals surface area contributed by atoms with Gasteiger partial charge in [0.25, 0.3) is 0 Å². The van der Waals surface area contributed by atoms with Gasteiger partial charge < -0.3 is 14.8 Å². The van der Waals surface area contributed by atoms with E-state index in [1.165, 1.54) is 20.3 Å². The molecule has 170 valence electrons. The molecular weight excluding hydrogens is 460 g/mol. The number of methoxy groups -OCH3 is 2. The number of hydrogen-bond donors (Lipinski definition) is 1. The van der Waals surface area contributed by atoms with E-state index in [0.29, 0.717) is 23.1 Å². The number of hydrogen-bond acceptors (Lipinski definition) is 6. The molecule has 7 nitrogen and oxygen atoms in total. The molecule has 0 aliphatic carbocycles. The van der Waals surface area contributed by atoms with Crippen LogP contribution in [-0.4, -0.2) is 53.6 Å². The second-order valence-corrected chi connectivity index (χ2v) is 10.1. The molecule has 0 unspecified atom stereocenters. The lowest BCUT2D eigenvalue weighted by molar-refractivity contribution is -0.119. The molecule has 0 spiro atoms. The Kier molecular flexibility index (Phi) is 9.80. The van der Waals surface area contributed by atoms with Crippen LogP contribution in [0, 0.1) is 0 Å². The third-order valence-electron chi connectivity index (χ3n) is 4.29. The molecule has 0 heterocycles. The molecule has 0 atom stereocenters. The Morgan fingerprint density at radius 1 is 1.16 bits per heavy atom. The summed E-state index contributed by atoms with van der Waals surface area (Å²) < 4.78 is 36.1. The van der Waals surface area contributed by atoms with E-state index in [0.717, 1.165) is 34.1 Å². The second kappa shape index (κ2) is 12.1. The zero-order valence-corrected chi connectivity index (χ0v) is 20.1. The van der Waals surface area contributed by atoms with Gasteiger partial charge in [0.05, 0.1) is 26.2 Å². The molecule has 10 heteroatoms. The lowest BCUT2D eigenvalue weighted by Crippen LogP contribution is -2.40. The van der Waals surface area contributed by atoms with Crippen molar-refractivity contribution in [2.75, 3.05) is 43.6 Å². The maximum absolute atomic E-state index is 12.4. The quantitative estimate of drug-likeness (QED) is 0.462. The molecule has 1 amide bonds. The molecular formula is C21H27ClN2O5S2. The van der Waals surface area contributed by atoms with Crippen LogP contribution in [0.25, 0.3) is 0 Å². The Morgan fingerprint density at radius 2 is 1.94 bits per heavy atom. The van der Waals surface area contributed by atoms with Crippen LogP contribution in [0.2, 0.25) is 5.02 Å². The summed E-state index contributed by atoms with van der Waals surface area (Å²) in [7, 11) is -0.805. The number of halogens is 1. The van der Waals surface area contributed by atoms with E-state index in [9.17, 15) is 13.2 Å². The molecule has 0 saturated carbocycles. The van der Waals surface area contributed by atoms with Gasteiger partial charge in [0, 0.05) is 23.4 Å². The predicted molar refractivity (Wildman–Crippen MR) is 127 cm³/mol. The number of benzene rings is 2. The van der Waals surface area contributed by atoms with E-state index in [2.05, 4.69) is 5.32 Å². The lowest BCUT2D eigenvalue weighted by Gasteiger charge is -2.24. The highest BCUT2D eigenvalue weighted by Crippen LogP contribution is 2.33. The second-order valence-electron chi connectivity index (χ2n) is 6.69. The highest BCUT2D eigenvalue weighted by molar-refractivity contribution is 7.98. The molecule has 2 aromatic carbocycles. The smallest absolute Gasteiger partial charge is 0.240 e. The van der Waals surface area contributed by atoms with Crippen LogP contribution in [0.3, 0.4) is 0 Å². The summed E-state index contributed by atoms with van der Waals surface area (Å²) in [6.07, 6.45) is 1.81. The minimum atomic E-state index is -3.72. The topological polar surface area (TPSA) is 84.9 Å². The Morgan fingerprint density at radius 3 is 2.58 bits per heavy atom. The van der Waals surface area contributed by atoms with Gasteiger partial charge in [0.15, 0.2) is 0 Å². The Bertz CT molecular complexity index is 985. The van der Waals surface area contributed by atoms with Gasteiger partial charge >= 0.3 is 0 Å². The fourth-order valence-electron chi connectivity index (χ4n) is 2.78. The first-order valence-corrected chi connectivity index (χ1v) is 12.9. The maximum Gasteiger partial charge on any atom is 0.240 e. The van der Waals surface area contributed by atoms with Gasteiger partial charge in [-0.2, -0.15) is 11.8 Å². The number of thioether (sulfide) groups is 1. The van der Waals surface area contributed by atoms with Crippen molar-refractivity contribution in [1.29, 1.82) is 0 Å². The van der Waals surface area contributed by atoms with Gasteiger partial charge in [-0.25, -0.2) is 8.42 Å². The number of amides is 1. The Labute approximate surface area is 193 Å². The predicted octanol–water partition coefficient (Wildman–Crippen LogP) is 3.56. The van der Waals surface area contributed by atoms with Crippen molar-refractivity contribution in [2.45, 2.75) is 12.2 Å². The van der Waals surface area contributed by atoms with E-state index in [1.807, 2.05) is 24.3 Å². The summed E-state index contributed by atoms with van der Waals surface area (Å²) in [5.74, 6) is 2.09. The van der Waals surface area contributed by atoms with Gasteiger partial charge in [0.2, 0.25) is 15.9 Å². The summed E-state index contributed by atoms with van der Waals surface area (Å²) in [5.41, 5.74) is 1.40. The van der Waals surface area contributed by atoms with Gasteiger partial charge in [0.1, 0.15) is 18.0 Å². The van der Waals surface area contributed by atoms with Crippen LogP contribution < -0.4 is 19.1 Å². The standard InChI is InChI=1S/C21H27ClN2O5S2/c1-28-18-8-9-20(29-2)19(13-18)24(31(3,26)27)14-21(25)23-10-5-11-30-15-16-6-4-7-17(22)12-16/h4,6-9,12-13H,5,10-11,14-15H2,1-3H3,(H,23,25). The number of ether oxygens (including phenoxy) is 2. The Hall–Kier alpha value is -2.10. The van der Waals surface area contributed by atoms with Gasteiger partial charge in [-0.1, -0.05) is 23.7 Å². The molecule has 0 aliphatic heterocycles. The highest BCUT2D eigenvalue weighted by atomic mass is 35.5. The summed E-state index contributed by atoms with van der Waals surface area (Å²) >= 11 is 7.72. The normalized spacial score (nSPS) is 11.1. The first-order chi connectivity index (χ1) is 14.7. The molecule has 1 N–H and O–H groups in total. The fraction of sp³-hybridized carbons (Fsp3) is 0.381. The largest absolute Gasteiger partial charge is 0.497 e. The van der Waals surface area contributed by atoms with E-state index in [4.69, 9.17) is 21.1 Å². The third kappa shape index (κ3) is 8.16. The van der Waals surface area contributed by atoms with Crippen LogP contribution in [0.15, 0.2) is 42.5 Å². The van der Waals surface area contributed by atoms with Crippen molar-refractivity contribution < 1.29 is 22.7 Å². The van der Waals surface area contributed by atoms with Crippen LogP contribution in [-0.2, 0) is 20.6 Å². The van der Waals surface area contributed by atoms with Crippen molar-refractivity contribution in [3.05, 3.63) is 53.1 Å². The maximum atomic E-state index is 12.4. The molecule has 0 radical (unpaired) electrons. The van der Waals surface area contributed by atoms with Crippen molar-refractivity contribution in [1.82, 2.24) is 5.32 Å². The lowest BCUT2D eigenvalue weighted by atomic mass is 10.2. The van der Waals surface area contributed by atoms with Gasteiger partial charge in [-0.05, 0) is 42.0 Å². The van der Waals surface area contributed by atoms with Crippen molar-refractivity contribution >= 4 is 45.0 Å². The summed E-state index contributed by atoms with van der Waals surface area (Å²) in [6.45, 7) is 0.103. The minimum Gasteiger partial charge on any atom is -0.497 e. The fourth-order valence-corrected chi connectivity index (χ4v) is 4.75. The monoisotopic (exact) mass is 486 g/mol. The first kappa shape index (κ1) is 25.2. The van der Waals surface area contributed by atoms with Gasteiger partial charge in [-0.3, -0.25) is 9.10 Å². The van der Waals surface area contributed by atoms with Crippen LogP contribution in [0.1, 0.15) is 12.0 Å². The average molecular weight is 487 g/mol. The van der Waals surface area contributed by atoms with Gasteiger partial charge in [-0.15, -0.1) is 0 Å². The molecule has 0 aromatic heterocycles. The number of carbonyl (C=O) groups excluding carboxylic acids is 1.